The van der Waals surface area contributed by atoms with Crippen LogP contribution in [0.3, 0.4) is 0 Å². The molecule has 0 bridgehead atoms. The molecular formula is C25H19ClF2N2O3. The summed E-state index contributed by atoms with van der Waals surface area (Å²) in [5.74, 6) is -2.13. The van der Waals surface area contributed by atoms with Gasteiger partial charge in [0.25, 0.3) is 5.91 Å². The van der Waals surface area contributed by atoms with E-state index in [0.717, 1.165) is 12.1 Å². The van der Waals surface area contributed by atoms with Crippen LogP contribution < -0.4 is 10.1 Å². The number of rotatable bonds is 5. The number of hydrogen-bond donors (Lipinski definition) is 1. The van der Waals surface area contributed by atoms with Crippen molar-refractivity contribution in [1.82, 2.24) is 4.57 Å². The Bertz CT molecular complexity index is 1360. The van der Waals surface area contributed by atoms with Crippen molar-refractivity contribution < 1.29 is 23.1 Å². The minimum absolute atomic E-state index is 0.204. The Hall–Kier alpha value is -3.71. The minimum atomic E-state index is -0.873. The fraction of sp³-hybridized carbons (Fsp3) is 0.120. The Kier molecular flexibility index (Phi) is 6.16. The molecule has 33 heavy (non-hydrogen) atoms. The van der Waals surface area contributed by atoms with Gasteiger partial charge in [0.05, 0.1) is 19.0 Å². The lowest BCUT2D eigenvalue weighted by Gasteiger charge is -2.09. The first-order valence-corrected chi connectivity index (χ1v) is 10.4. The van der Waals surface area contributed by atoms with E-state index in [4.69, 9.17) is 16.3 Å². The smallest absolute Gasteiger partial charge is 0.262 e. The van der Waals surface area contributed by atoms with E-state index in [1.807, 2.05) is 0 Å². The molecule has 5 nitrogen and oxygen atoms in total. The number of carbonyl (C=O) groups excluding carboxylic acids is 2. The number of methoxy groups -OCH3 is 1. The van der Waals surface area contributed by atoms with Gasteiger partial charge in [0.2, 0.25) is 5.91 Å². The fourth-order valence-electron chi connectivity index (χ4n) is 3.76. The van der Waals surface area contributed by atoms with Gasteiger partial charge in [0, 0.05) is 21.7 Å². The van der Waals surface area contributed by atoms with Crippen molar-refractivity contribution in [1.29, 1.82) is 0 Å². The van der Waals surface area contributed by atoms with Crippen molar-refractivity contribution in [2.45, 2.75) is 13.3 Å². The van der Waals surface area contributed by atoms with Crippen molar-refractivity contribution in [3.63, 3.8) is 0 Å². The molecule has 1 amide bonds. The molecule has 1 N–H and O–H groups in total. The number of para-hydroxylation sites is 1. The van der Waals surface area contributed by atoms with Crippen LogP contribution in [0.5, 0.6) is 5.75 Å². The fourth-order valence-corrected chi connectivity index (χ4v) is 3.88. The highest BCUT2D eigenvalue weighted by molar-refractivity contribution is 6.30. The molecule has 0 aliphatic carbocycles. The highest BCUT2D eigenvalue weighted by atomic mass is 35.5. The van der Waals surface area contributed by atoms with Gasteiger partial charge in [-0.15, -0.1) is 0 Å². The Morgan fingerprint density at radius 3 is 2.33 bits per heavy atom. The molecule has 0 unspecified atom stereocenters. The molecule has 8 heteroatoms. The zero-order chi connectivity index (χ0) is 23.7. The highest BCUT2D eigenvalue weighted by Gasteiger charge is 2.23. The Morgan fingerprint density at radius 2 is 1.70 bits per heavy atom. The van der Waals surface area contributed by atoms with Crippen molar-refractivity contribution >= 4 is 40.0 Å². The van der Waals surface area contributed by atoms with Crippen LogP contribution in [0.2, 0.25) is 5.02 Å². The van der Waals surface area contributed by atoms with E-state index >= 15 is 0 Å². The Labute approximate surface area is 193 Å². The van der Waals surface area contributed by atoms with E-state index in [1.165, 1.54) is 17.7 Å². The zero-order valence-corrected chi connectivity index (χ0v) is 18.5. The highest BCUT2D eigenvalue weighted by Crippen LogP contribution is 2.31. The lowest BCUT2D eigenvalue weighted by Crippen LogP contribution is -2.18. The van der Waals surface area contributed by atoms with Crippen LogP contribution in [-0.2, 0) is 11.2 Å². The summed E-state index contributed by atoms with van der Waals surface area (Å²) in [7, 11) is 1.51. The molecule has 0 aliphatic rings. The quantitative estimate of drug-likeness (QED) is 0.405. The van der Waals surface area contributed by atoms with E-state index in [-0.39, 0.29) is 12.3 Å². The second kappa shape index (κ2) is 9.03. The maximum atomic E-state index is 14.0. The summed E-state index contributed by atoms with van der Waals surface area (Å²) < 4.78 is 34.8. The number of carbonyl (C=O) groups is 2. The standard InChI is InChI=1S/C25H19ClF2N2O3/c1-14-18(13-23(31)29-24-20(27)4-3-5-21(24)28)19-12-17(33-2)10-11-22(19)30(14)25(32)15-6-8-16(26)9-7-15/h3-12H,13H2,1-2H3,(H,29,31). The number of amides is 1. The van der Waals surface area contributed by atoms with Gasteiger partial charge in [-0.25, -0.2) is 8.78 Å². The number of anilines is 1. The van der Waals surface area contributed by atoms with Crippen molar-refractivity contribution in [3.05, 3.63) is 94.1 Å². The molecule has 0 spiro atoms. The van der Waals surface area contributed by atoms with E-state index < -0.39 is 23.2 Å². The second-order valence-corrected chi connectivity index (χ2v) is 7.85. The van der Waals surface area contributed by atoms with Crippen LogP contribution in [0.4, 0.5) is 14.5 Å². The monoisotopic (exact) mass is 468 g/mol. The van der Waals surface area contributed by atoms with Gasteiger partial charge in [0.1, 0.15) is 23.1 Å². The minimum Gasteiger partial charge on any atom is -0.497 e. The van der Waals surface area contributed by atoms with Crippen LogP contribution in [0, 0.1) is 18.6 Å². The van der Waals surface area contributed by atoms with Gasteiger partial charge >= 0.3 is 0 Å². The number of fused-ring (bicyclic) bond motifs is 1. The third-order valence-electron chi connectivity index (χ3n) is 5.40. The van der Waals surface area contributed by atoms with Crippen LogP contribution in [0.15, 0.2) is 60.7 Å². The molecule has 1 heterocycles. The van der Waals surface area contributed by atoms with Crippen molar-refractivity contribution in [3.8, 4) is 5.75 Å². The topological polar surface area (TPSA) is 60.3 Å². The predicted octanol–water partition coefficient (Wildman–Crippen LogP) is 5.76. The van der Waals surface area contributed by atoms with Crippen LogP contribution in [0.1, 0.15) is 21.6 Å². The number of aromatic nitrogens is 1. The third kappa shape index (κ3) is 4.32. The SMILES string of the molecule is COc1ccc2c(c1)c(CC(=O)Nc1c(F)cccc1F)c(C)n2C(=O)c1ccc(Cl)cc1. The molecule has 0 radical (unpaired) electrons. The number of ether oxygens (including phenoxy) is 1. The van der Waals surface area contributed by atoms with E-state index in [0.29, 0.717) is 38.5 Å². The molecule has 168 valence electrons. The normalized spacial score (nSPS) is 10.9. The molecule has 0 aliphatic heterocycles. The molecule has 3 aromatic carbocycles. The predicted molar refractivity (Wildman–Crippen MR) is 123 cm³/mol. The molecule has 0 atom stereocenters. The van der Waals surface area contributed by atoms with Gasteiger partial charge in [-0.3, -0.25) is 14.2 Å². The lowest BCUT2D eigenvalue weighted by atomic mass is 10.1. The number of halogens is 3. The van der Waals surface area contributed by atoms with Crippen LogP contribution in [-0.4, -0.2) is 23.5 Å². The first kappa shape index (κ1) is 22.5. The average molecular weight is 469 g/mol. The average Bonchev–Trinajstić information content (AvgIpc) is 3.07. The second-order valence-electron chi connectivity index (χ2n) is 7.42. The van der Waals surface area contributed by atoms with Crippen molar-refractivity contribution in [2.75, 3.05) is 12.4 Å². The molecule has 1 aromatic heterocycles. The van der Waals surface area contributed by atoms with Gasteiger partial charge in [-0.2, -0.15) is 0 Å². The third-order valence-corrected chi connectivity index (χ3v) is 5.65. The molecule has 0 fully saturated rings. The molecule has 4 aromatic rings. The summed E-state index contributed by atoms with van der Waals surface area (Å²) in [5, 5.41) is 3.42. The zero-order valence-electron chi connectivity index (χ0n) is 17.8. The van der Waals surface area contributed by atoms with Gasteiger partial charge in [-0.1, -0.05) is 17.7 Å². The maximum absolute atomic E-state index is 14.0. The summed E-state index contributed by atoms with van der Waals surface area (Å²) in [6.07, 6.45) is -0.204. The van der Waals surface area contributed by atoms with Crippen molar-refractivity contribution in [2.24, 2.45) is 0 Å². The Morgan fingerprint density at radius 1 is 1.03 bits per heavy atom. The summed E-state index contributed by atoms with van der Waals surface area (Å²) in [4.78, 5) is 26.1. The molecule has 4 rings (SSSR count). The summed E-state index contributed by atoms with van der Waals surface area (Å²) in [5.41, 5.74) is 1.55. The summed E-state index contributed by atoms with van der Waals surface area (Å²) in [6.45, 7) is 1.71. The Balaban J connectivity index is 1.77. The van der Waals surface area contributed by atoms with E-state index in [9.17, 15) is 18.4 Å². The lowest BCUT2D eigenvalue weighted by molar-refractivity contribution is -0.115. The number of nitrogens with zero attached hydrogens (tertiary/aromatic N) is 1. The van der Waals surface area contributed by atoms with Gasteiger partial charge in [-0.05, 0) is 67.1 Å². The molecular weight excluding hydrogens is 450 g/mol. The largest absolute Gasteiger partial charge is 0.497 e. The first-order valence-electron chi connectivity index (χ1n) is 10.0. The first-order chi connectivity index (χ1) is 15.8. The number of benzene rings is 3. The van der Waals surface area contributed by atoms with Gasteiger partial charge < -0.3 is 10.1 Å². The number of hydrogen-bond acceptors (Lipinski definition) is 3. The summed E-state index contributed by atoms with van der Waals surface area (Å²) in [6, 6.07) is 15.0. The summed E-state index contributed by atoms with van der Waals surface area (Å²) >= 11 is 5.94. The van der Waals surface area contributed by atoms with Crippen LogP contribution in [0.25, 0.3) is 10.9 Å². The molecule has 0 saturated heterocycles. The van der Waals surface area contributed by atoms with Crippen LogP contribution >= 0.6 is 11.6 Å². The number of nitrogens with one attached hydrogen (secondary N) is 1. The van der Waals surface area contributed by atoms with Gasteiger partial charge in [0.15, 0.2) is 0 Å². The van der Waals surface area contributed by atoms with E-state index in [2.05, 4.69) is 5.32 Å². The van der Waals surface area contributed by atoms with E-state index in [1.54, 1.807) is 49.4 Å². The molecule has 0 saturated carbocycles. The maximum Gasteiger partial charge on any atom is 0.262 e.